The van der Waals surface area contributed by atoms with E-state index >= 15 is 4.39 Å². The van der Waals surface area contributed by atoms with Gasteiger partial charge in [-0.15, -0.1) is 0 Å². The van der Waals surface area contributed by atoms with Crippen molar-refractivity contribution in [3.8, 4) is 0 Å². The van der Waals surface area contributed by atoms with Crippen molar-refractivity contribution in [2.75, 3.05) is 15.5 Å². The number of ether oxygens (including phenoxy) is 1. The highest BCUT2D eigenvalue weighted by Crippen LogP contribution is 2.60. The molecule has 0 spiro atoms. The van der Waals surface area contributed by atoms with E-state index in [1.54, 1.807) is 10.0 Å². The summed E-state index contributed by atoms with van der Waals surface area (Å²) in [6.45, 7) is -7.54. The number of aromatic nitrogens is 6. The number of aryl methyl sites for hydroxylation is 1. The Bertz CT molecular complexity index is 1840. The Balaban J connectivity index is 1.20. The Morgan fingerprint density at radius 1 is 1.25 bits per heavy atom. The molecule has 1 saturated carbocycles. The largest absolute Gasteiger partial charge is 0.388 e. The zero-order valence-electron chi connectivity index (χ0n) is 22.2. The van der Waals surface area contributed by atoms with Crippen molar-refractivity contribution in [1.82, 2.24) is 29.5 Å². The van der Waals surface area contributed by atoms with E-state index in [0.717, 1.165) is 0 Å². The number of hydrogen-bond acceptors (Lipinski definition) is 16. The molecule has 0 radical (unpaired) electrons. The van der Waals surface area contributed by atoms with Crippen LogP contribution in [0.15, 0.2) is 20.6 Å². The molecule has 3 aromatic rings. The number of halogens is 2. The van der Waals surface area contributed by atoms with E-state index in [1.807, 2.05) is 0 Å². The number of nitrogens with zero attached hydrogens (tertiary/aromatic N) is 7. The number of alkyl halides is 1. The van der Waals surface area contributed by atoms with Gasteiger partial charge >= 0.3 is 13.5 Å². The van der Waals surface area contributed by atoms with Crippen molar-refractivity contribution in [3.63, 3.8) is 0 Å². The zero-order valence-corrected chi connectivity index (χ0v) is 27.8. The molecule has 6 heterocycles. The number of aliphatic hydroxyl groups excluding tert-OH is 1. The molecule has 0 amide bonds. The van der Waals surface area contributed by atoms with Gasteiger partial charge in [-0.2, -0.15) is 3.15 Å². The van der Waals surface area contributed by atoms with E-state index < -0.39 is 96.0 Å². The van der Waals surface area contributed by atoms with E-state index in [2.05, 4.69) is 40.3 Å². The molecule has 5 N–H and O–H groups in total. The van der Waals surface area contributed by atoms with Crippen molar-refractivity contribution in [1.29, 1.82) is 0 Å². The van der Waals surface area contributed by atoms with Gasteiger partial charge in [0.05, 0.1) is 25.1 Å². The van der Waals surface area contributed by atoms with E-state index in [0.29, 0.717) is 5.82 Å². The Hall–Kier alpha value is -1.56. The number of fused-ring (bicyclic) bond motifs is 5. The number of aromatic amines is 1. The lowest BCUT2D eigenvalue weighted by atomic mass is 10.1. The molecule has 1 aliphatic carbocycles. The molecule has 10 atom stereocenters. The molecule has 3 aromatic heterocycles. The SMILES string of the molecule is Cc1nc2c(c(=O)[nH]1)N=IN2[C@@H]1C[C@@H]2OP(O)(=S)O[C@H]3[C@@H](F)[C@H](n4cnc5c(N)ncnc54)O[C@@H]3COP(=O)(S)O[C@@H]1[C@@H]2O. The summed E-state index contributed by atoms with van der Waals surface area (Å²) in [7, 11) is 0. The molecule has 2 unspecified atom stereocenters. The van der Waals surface area contributed by atoms with Crippen LogP contribution in [0.2, 0.25) is 0 Å². The van der Waals surface area contributed by atoms with Crippen molar-refractivity contribution in [2.24, 2.45) is 3.15 Å². The summed E-state index contributed by atoms with van der Waals surface area (Å²) in [5, 5.41) is 11.3. The van der Waals surface area contributed by atoms with Crippen LogP contribution in [-0.4, -0.2) is 88.8 Å². The van der Waals surface area contributed by atoms with Gasteiger partial charge in [-0.05, 0) is 18.7 Å². The van der Waals surface area contributed by atoms with Crippen LogP contribution in [0.5, 0.6) is 0 Å². The fourth-order valence-electron chi connectivity index (χ4n) is 5.46. The highest BCUT2D eigenvalue weighted by atomic mass is 127. The van der Waals surface area contributed by atoms with E-state index in [1.165, 1.54) is 17.2 Å². The zero-order chi connectivity index (χ0) is 31.1. The van der Waals surface area contributed by atoms with Gasteiger partial charge in [-0.3, -0.25) is 26.0 Å². The normalized spacial score (nSPS) is 39.0. The maximum Gasteiger partial charge on any atom is 0.386 e. The lowest BCUT2D eigenvalue weighted by molar-refractivity contribution is -0.0529. The van der Waals surface area contributed by atoms with Gasteiger partial charge < -0.3 is 30.0 Å². The highest BCUT2D eigenvalue weighted by molar-refractivity contribution is 14.2. The van der Waals surface area contributed by atoms with Crippen molar-refractivity contribution in [3.05, 3.63) is 28.8 Å². The maximum absolute atomic E-state index is 16.1. The fourth-order valence-corrected chi connectivity index (χ4v) is 11.0. The molecule has 2 saturated heterocycles. The summed E-state index contributed by atoms with van der Waals surface area (Å²) in [5.74, 6) is 0.665. The van der Waals surface area contributed by atoms with Gasteiger partial charge in [0.15, 0.2) is 35.4 Å². The first kappa shape index (κ1) is 31.1. The molecule has 24 heteroatoms. The minimum Gasteiger partial charge on any atom is -0.388 e. The second-order valence-corrected chi connectivity index (χ2v) is 17.8. The molecular formula is C20H23FIN9O9P2S2. The second-order valence-electron chi connectivity index (χ2n) is 10.2. The molecule has 18 nitrogen and oxygen atoms in total. The second kappa shape index (κ2) is 11.3. The van der Waals surface area contributed by atoms with Gasteiger partial charge in [0.25, 0.3) is 5.56 Å². The van der Waals surface area contributed by atoms with Crippen molar-refractivity contribution >= 4 is 87.4 Å². The van der Waals surface area contributed by atoms with Crippen LogP contribution >= 0.6 is 47.1 Å². The summed E-state index contributed by atoms with van der Waals surface area (Å²) in [6.07, 6.45) is -7.90. The van der Waals surface area contributed by atoms with Crippen LogP contribution in [0.3, 0.4) is 0 Å². The number of nitrogen functional groups attached to an aromatic ring is 1. The number of H-pyrrole nitrogens is 1. The van der Waals surface area contributed by atoms with E-state index in [4.69, 9.17) is 40.4 Å². The van der Waals surface area contributed by atoms with Gasteiger partial charge in [-0.1, -0.05) is 12.2 Å². The van der Waals surface area contributed by atoms with Crippen LogP contribution < -0.4 is 14.4 Å². The number of nitrogens with one attached hydrogen (secondary N) is 1. The molecule has 2 bridgehead atoms. The van der Waals surface area contributed by atoms with Crippen LogP contribution in [0.1, 0.15) is 18.5 Å². The smallest absolute Gasteiger partial charge is 0.386 e. The molecule has 44 heavy (non-hydrogen) atoms. The summed E-state index contributed by atoms with van der Waals surface area (Å²) < 4.78 is 65.5. The Morgan fingerprint density at radius 3 is 2.84 bits per heavy atom. The number of aliphatic hydroxyl groups is 1. The Kier molecular flexibility index (Phi) is 7.98. The lowest BCUT2D eigenvalue weighted by Gasteiger charge is -2.31. The number of nitrogens with two attached hydrogens (primary N) is 1. The molecule has 3 aliphatic heterocycles. The summed E-state index contributed by atoms with van der Waals surface area (Å²) in [6, 6.07) is -0.792. The lowest BCUT2D eigenvalue weighted by Crippen LogP contribution is -2.41. The first-order valence-electron chi connectivity index (χ1n) is 12.8. The maximum atomic E-state index is 16.1. The summed E-state index contributed by atoms with van der Waals surface area (Å²) >= 11 is 8.15. The van der Waals surface area contributed by atoms with E-state index in [9.17, 15) is 19.4 Å². The topological polar surface area (TPSA) is 235 Å². The number of rotatable bonds is 2. The minimum absolute atomic E-state index is 0.0431. The van der Waals surface area contributed by atoms with Gasteiger partial charge in [-0.25, -0.2) is 28.9 Å². The Labute approximate surface area is 267 Å². The molecule has 4 aliphatic rings. The van der Waals surface area contributed by atoms with Crippen molar-refractivity contribution in [2.45, 2.75) is 62.3 Å². The summed E-state index contributed by atoms with van der Waals surface area (Å²) in [5.41, 5.74) is 5.92. The molecule has 3 fully saturated rings. The van der Waals surface area contributed by atoms with Crippen LogP contribution in [-0.2, 0) is 39.2 Å². The quantitative estimate of drug-likeness (QED) is 0.108. The van der Waals surface area contributed by atoms with Crippen LogP contribution in [0.25, 0.3) is 11.2 Å². The first-order valence-corrected chi connectivity index (χ1v) is 20.0. The standard InChI is InChI=1S/C20H23FIN9O9P2S2/c1-6-27-18-12(19(33)28-6)29-22-31(18)7-2-8-13(32)14(7)39-41(34,43)36-3-9-15(40-42(35,44)38-8)10(21)20(37-9)30-5-26-11-16(23)24-4-25-17(11)30/h4-5,7-10,13-15,20,32H,2-3H2,1H3,(H,34,43)(H,35,44)(H2,23,24,25)(H,27,28,33)/t7-,8+,9-,10-,13-,14+,15-,20-,41?,42?/m1/s1. The molecule has 0 aromatic carbocycles. The average Bonchev–Trinajstić information content (AvgIpc) is 3.70. The molecule has 238 valence electrons. The number of anilines is 2. The van der Waals surface area contributed by atoms with Gasteiger partial charge in [0, 0.05) is 6.42 Å². The van der Waals surface area contributed by atoms with Crippen LogP contribution in [0, 0.1) is 6.92 Å². The molecule has 7 rings (SSSR count). The number of thiol groups is 1. The van der Waals surface area contributed by atoms with E-state index in [-0.39, 0.29) is 34.9 Å². The highest BCUT2D eigenvalue weighted by Gasteiger charge is 2.55. The third-order valence-electron chi connectivity index (χ3n) is 7.37. The Morgan fingerprint density at radius 2 is 2.05 bits per heavy atom. The fraction of sp³-hybridized carbons (Fsp3) is 0.550. The monoisotopic (exact) mass is 805 g/mol. The predicted octanol–water partition coefficient (Wildman–Crippen LogP) is 1.83. The number of hydrogen-bond donors (Lipinski definition) is 5. The van der Waals surface area contributed by atoms with Crippen LogP contribution in [0.4, 0.5) is 21.7 Å². The van der Waals surface area contributed by atoms with Gasteiger partial charge in [0.2, 0.25) is 0 Å². The van der Waals surface area contributed by atoms with Crippen molar-refractivity contribution < 1.29 is 41.8 Å². The molecular weight excluding hydrogens is 782 g/mol. The minimum atomic E-state index is -4.28. The third kappa shape index (κ3) is 5.45. The number of imidazole rings is 1. The predicted molar refractivity (Wildman–Crippen MR) is 165 cm³/mol. The first-order chi connectivity index (χ1) is 20.8. The average molecular weight is 805 g/mol. The van der Waals surface area contributed by atoms with Gasteiger partial charge in [0.1, 0.15) is 63.4 Å². The summed E-state index contributed by atoms with van der Waals surface area (Å²) in [4.78, 5) is 42.7. The third-order valence-corrected chi connectivity index (χ3v) is 12.9.